The van der Waals surface area contributed by atoms with Crippen molar-refractivity contribution in [2.24, 2.45) is 5.41 Å². The molecule has 0 radical (unpaired) electrons. The van der Waals surface area contributed by atoms with Gasteiger partial charge in [0.15, 0.2) is 11.6 Å². The molecule has 20 heavy (non-hydrogen) atoms. The number of nitrogens with one attached hydrogen (secondary N) is 1. The van der Waals surface area contributed by atoms with Crippen molar-refractivity contribution < 1.29 is 9.13 Å². The van der Waals surface area contributed by atoms with E-state index >= 15 is 0 Å². The predicted octanol–water partition coefficient (Wildman–Crippen LogP) is 3.82. The van der Waals surface area contributed by atoms with Gasteiger partial charge in [-0.05, 0) is 38.4 Å². The van der Waals surface area contributed by atoms with Crippen molar-refractivity contribution in [1.29, 1.82) is 0 Å². The van der Waals surface area contributed by atoms with E-state index in [4.69, 9.17) is 4.74 Å². The van der Waals surface area contributed by atoms with Gasteiger partial charge in [-0.2, -0.15) is 0 Å². The summed E-state index contributed by atoms with van der Waals surface area (Å²) >= 11 is 0. The van der Waals surface area contributed by atoms with Crippen LogP contribution in [0.15, 0.2) is 18.2 Å². The van der Waals surface area contributed by atoms with Crippen LogP contribution in [0.1, 0.15) is 44.1 Å². The molecule has 2 atom stereocenters. The monoisotopic (exact) mass is 277 g/mol. The van der Waals surface area contributed by atoms with Gasteiger partial charge in [-0.1, -0.05) is 31.4 Å². The third kappa shape index (κ3) is 2.12. The van der Waals surface area contributed by atoms with E-state index in [-0.39, 0.29) is 17.3 Å². The first-order chi connectivity index (χ1) is 9.67. The van der Waals surface area contributed by atoms with E-state index < -0.39 is 0 Å². The van der Waals surface area contributed by atoms with Gasteiger partial charge in [0, 0.05) is 17.9 Å². The molecule has 2 aliphatic carbocycles. The Balaban J connectivity index is 1.79. The molecule has 3 heteroatoms. The lowest BCUT2D eigenvalue weighted by atomic mass is 9.55. The number of ether oxygens (including phenoxy) is 1. The molecule has 2 fully saturated rings. The fraction of sp³-hybridized carbons (Fsp3) is 0.647. The smallest absolute Gasteiger partial charge is 0.167 e. The Labute approximate surface area is 120 Å². The molecule has 1 aromatic rings. The zero-order valence-corrected chi connectivity index (χ0v) is 12.4. The molecule has 0 amide bonds. The second-order valence-corrected chi connectivity index (χ2v) is 6.36. The SMILES string of the molecule is CNC1CC(Oc2cccc(C)c2F)C12CCCCC2. The minimum atomic E-state index is -0.202. The summed E-state index contributed by atoms with van der Waals surface area (Å²) in [5.41, 5.74) is 0.882. The van der Waals surface area contributed by atoms with Crippen molar-refractivity contribution in [3.63, 3.8) is 0 Å². The molecule has 0 aromatic heterocycles. The minimum absolute atomic E-state index is 0.163. The maximum atomic E-state index is 14.1. The number of hydrogen-bond donors (Lipinski definition) is 1. The van der Waals surface area contributed by atoms with Gasteiger partial charge >= 0.3 is 0 Å². The van der Waals surface area contributed by atoms with Gasteiger partial charge in [-0.25, -0.2) is 4.39 Å². The Morgan fingerprint density at radius 3 is 2.70 bits per heavy atom. The van der Waals surface area contributed by atoms with Crippen LogP contribution >= 0.6 is 0 Å². The molecule has 2 nitrogen and oxygen atoms in total. The van der Waals surface area contributed by atoms with Crippen LogP contribution in [0.4, 0.5) is 4.39 Å². The molecule has 0 saturated heterocycles. The Kier molecular flexibility index (Phi) is 3.72. The van der Waals surface area contributed by atoms with E-state index in [1.807, 2.05) is 13.1 Å². The molecule has 0 heterocycles. The molecule has 2 saturated carbocycles. The lowest BCUT2D eigenvalue weighted by Crippen LogP contribution is -2.64. The summed E-state index contributed by atoms with van der Waals surface area (Å²) in [4.78, 5) is 0. The van der Waals surface area contributed by atoms with Crippen LogP contribution in [-0.2, 0) is 0 Å². The molecule has 0 bridgehead atoms. The van der Waals surface area contributed by atoms with E-state index in [2.05, 4.69) is 5.32 Å². The highest BCUT2D eigenvalue weighted by Gasteiger charge is 2.56. The van der Waals surface area contributed by atoms with Crippen LogP contribution in [0, 0.1) is 18.2 Å². The van der Waals surface area contributed by atoms with E-state index in [9.17, 15) is 4.39 Å². The van der Waals surface area contributed by atoms with Crippen LogP contribution in [0.3, 0.4) is 0 Å². The fourth-order valence-corrected chi connectivity index (χ4v) is 4.06. The summed E-state index contributed by atoms with van der Waals surface area (Å²) in [6.07, 6.45) is 7.43. The Morgan fingerprint density at radius 2 is 2.00 bits per heavy atom. The van der Waals surface area contributed by atoms with Crippen molar-refractivity contribution in [1.82, 2.24) is 5.32 Å². The Morgan fingerprint density at radius 1 is 1.25 bits per heavy atom. The standard InChI is InChI=1S/C17H24FNO/c1-12-7-6-8-13(16(12)18)20-15-11-14(19-2)17(15)9-4-3-5-10-17/h6-8,14-15,19H,3-5,9-11H2,1-2H3. The molecular formula is C17H24FNO. The lowest BCUT2D eigenvalue weighted by molar-refractivity contribution is -0.102. The molecule has 1 aromatic carbocycles. The van der Waals surface area contributed by atoms with E-state index in [0.29, 0.717) is 17.4 Å². The maximum absolute atomic E-state index is 14.1. The molecule has 1 N–H and O–H groups in total. The van der Waals surface area contributed by atoms with Crippen molar-refractivity contribution in [2.45, 2.75) is 57.6 Å². The quantitative estimate of drug-likeness (QED) is 0.906. The van der Waals surface area contributed by atoms with Gasteiger partial charge in [-0.15, -0.1) is 0 Å². The second kappa shape index (κ2) is 5.36. The number of hydrogen-bond acceptors (Lipinski definition) is 2. The van der Waals surface area contributed by atoms with Crippen molar-refractivity contribution in [3.8, 4) is 5.75 Å². The first-order valence-corrected chi connectivity index (χ1v) is 7.76. The van der Waals surface area contributed by atoms with Crippen LogP contribution in [0.25, 0.3) is 0 Å². The van der Waals surface area contributed by atoms with Crippen LogP contribution in [0.5, 0.6) is 5.75 Å². The van der Waals surface area contributed by atoms with Crippen molar-refractivity contribution in [2.75, 3.05) is 7.05 Å². The molecule has 110 valence electrons. The minimum Gasteiger partial charge on any atom is -0.487 e. The highest BCUT2D eigenvalue weighted by Crippen LogP contribution is 2.53. The average Bonchev–Trinajstić information content (AvgIpc) is 2.48. The number of rotatable bonds is 3. The van der Waals surface area contributed by atoms with Crippen LogP contribution in [0.2, 0.25) is 0 Å². The highest BCUT2D eigenvalue weighted by molar-refractivity contribution is 5.31. The molecular weight excluding hydrogens is 253 g/mol. The summed E-state index contributed by atoms with van der Waals surface area (Å²) in [5.74, 6) is 0.223. The van der Waals surface area contributed by atoms with E-state index in [0.717, 1.165) is 6.42 Å². The van der Waals surface area contributed by atoms with Gasteiger partial charge in [-0.3, -0.25) is 0 Å². The van der Waals surface area contributed by atoms with Gasteiger partial charge < -0.3 is 10.1 Å². The van der Waals surface area contributed by atoms with Gasteiger partial charge in [0.25, 0.3) is 0 Å². The summed E-state index contributed by atoms with van der Waals surface area (Å²) in [6, 6.07) is 5.94. The normalized spacial score (nSPS) is 28.1. The molecule has 1 spiro atoms. The topological polar surface area (TPSA) is 21.3 Å². The second-order valence-electron chi connectivity index (χ2n) is 6.36. The summed E-state index contributed by atoms with van der Waals surface area (Å²) in [5, 5.41) is 3.43. The van der Waals surface area contributed by atoms with Gasteiger partial charge in [0.1, 0.15) is 6.10 Å². The number of halogens is 1. The Hall–Kier alpha value is -1.09. The lowest BCUT2D eigenvalue weighted by Gasteiger charge is -2.57. The summed E-state index contributed by atoms with van der Waals surface area (Å²) in [6.45, 7) is 1.79. The van der Waals surface area contributed by atoms with Crippen LogP contribution in [-0.4, -0.2) is 19.2 Å². The molecule has 2 unspecified atom stereocenters. The fourth-order valence-electron chi connectivity index (χ4n) is 4.06. The summed E-state index contributed by atoms with van der Waals surface area (Å²) < 4.78 is 20.2. The van der Waals surface area contributed by atoms with Crippen LogP contribution < -0.4 is 10.1 Å². The maximum Gasteiger partial charge on any atom is 0.167 e. The van der Waals surface area contributed by atoms with Crippen molar-refractivity contribution in [3.05, 3.63) is 29.6 Å². The highest BCUT2D eigenvalue weighted by atomic mass is 19.1. The van der Waals surface area contributed by atoms with Gasteiger partial charge in [0.05, 0.1) is 0 Å². The zero-order chi connectivity index (χ0) is 14.2. The molecule has 0 aliphatic heterocycles. The van der Waals surface area contributed by atoms with E-state index in [1.54, 1.807) is 19.1 Å². The van der Waals surface area contributed by atoms with Gasteiger partial charge in [0.2, 0.25) is 0 Å². The number of aryl methyl sites for hydroxylation is 1. The predicted molar refractivity (Wildman–Crippen MR) is 78.5 cm³/mol. The zero-order valence-electron chi connectivity index (χ0n) is 12.4. The molecule has 2 aliphatic rings. The summed E-state index contributed by atoms with van der Waals surface area (Å²) in [7, 11) is 2.03. The van der Waals surface area contributed by atoms with E-state index in [1.165, 1.54) is 32.1 Å². The average molecular weight is 277 g/mol. The largest absolute Gasteiger partial charge is 0.487 e. The Bertz CT molecular complexity index is 482. The third-order valence-electron chi connectivity index (χ3n) is 5.34. The first-order valence-electron chi connectivity index (χ1n) is 7.76. The first kappa shape index (κ1) is 13.9. The third-order valence-corrected chi connectivity index (χ3v) is 5.34. The number of benzene rings is 1. The van der Waals surface area contributed by atoms with Crippen molar-refractivity contribution >= 4 is 0 Å². The molecule has 3 rings (SSSR count).